The summed E-state index contributed by atoms with van der Waals surface area (Å²) in [5, 5.41) is 6.31. The van der Waals surface area contributed by atoms with Crippen LogP contribution >= 0.6 is 0 Å². The summed E-state index contributed by atoms with van der Waals surface area (Å²) < 4.78 is 33.4. The summed E-state index contributed by atoms with van der Waals surface area (Å²) in [4.78, 5) is 17.9. The second-order valence-electron chi connectivity index (χ2n) is 13.9. The quantitative estimate of drug-likeness (QED) is 0.100. The molecule has 3 aromatic heterocycles. The van der Waals surface area contributed by atoms with Gasteiger partial charge in [-0.15, -0.1) is 18.2 Å². The predicted octanol–water partition coefficient (Wildman–Crippen LogP) is 10.2. The average Bonchev–Trinajstić information content (AvgIpc) is 3.51. The van der Waals surface area contributed by atoms with E-state index in [0.717, 1.165) is 49.3 Å². The van der Waals surface area contributed by atoms with Gasteiger partial charge in [0, 0.05) is 45.5 Å². The van der Waals surface area contributed by atoms with Crippen molar-refractivity contribution in [2.75, 3.05) is 0 Å². The van der Waals surface area contributed by atoms with Gasteiger partial charge in [-0.05, 0) is 34.0 Å². The summed E-state index contributed by atoms with van der Waals surface area (Å²) in [7, 11) is 0. The van der Waals surface area contributed by atoms with Gasteiger partial charge < -0.3 is 4.42 Å². The maximum absolute atomic E-state index is 8.66. The Morgan fingerprint density at radius 2 is 1.47 bits per heavy atom. The molecule has 5 aromatic carbocycles. The Bertz CT molecular complexity index is 2560. The summed E-state index contributed by atoms with van der Waals surface area (Å²) in [6.45, 7) is 5.40. The van der Waals surface area contributed by atoms with Gasteiger partial charge in [0.05, 0.1) is 12.8 Å². The van der Waals surface area contributed by atoms with E-state index in [4.69, 9.17) is 8.53 Å². The molecule has 0 saturated carbocycles. The van der Waals surface area contributed by atoms with Crippen molar-refractivity contribution in [3.05, 3.63) is 127 Å². The maximum Gasteiger partial charge on any atom is 0 e. The van der Waals surface area contributed by atoms with Crippen molar-refractivity contribution >= 4 is 61.3 Å². The minimum Gasteiger partial charge on any atom is 0 e. The average molecular weight is 883 g/mol. The molecule has 1 radical (unpaired) electrons. The molecule has 8 rings (SSSR count). The van der Waals surface area contributed by atoms with Crippen molar-refractivity contribution in [2.45, 2.75) is 44.4 Å². The first-order valence-corrected chi connectivity index (χ1v) is 23.4. The third kappa shape index (κ3) is 7.37. The van der Waals surface area contributed by atoms with Crippen LogP contribution in [0.2, 0.25) is 17.3 Å². The van der Waals surface area contributed by atoms with E-state index >= 15 is 0 Å². The van der Waals surface area contributed by atoms with Gasteiger partial charge in [0.2, 0.25) is 0 Å². The summed E-state index contributed by atoms with van der Waals surface area (Å²) in [5.41, 5.74) is 2.23. The van der Waals surface area contributed by atoms with Gasteiger partial charge in [0.1, 0.15) is 5.58 Å². The summed E-state index contributed by atoms with van der Waals surface area (Å²) in [6.07, 6.45) is 1.40. The van der Waals surface area contributed by atoms with E-state index in [2.05, 4.69) is 85.7 Å². The van der Waals surface area contributed by atoms with Gasteiger partial charge >= 0.3 is 99.0 Å². The standard InChI is InChI=1S/C29H23N2O.C13H15GeN2.Ir/c1-29(2,3)17-20-15-16-30-28(31-20)24-10-6-9-22-23-14-13-19-12-11-18-7-4-5-8-21(18)25(19)27(23)32-26(22)24;1-14(2,3)12-9-10-15-13(16-12)11-7-5-4-6-8-11;/h4-9,11-16H,17H2,1-3H3;4-7,9-10H,1-3H3;/q2*-1;/i15D,17D2;;. The van der Waals surface area contributed by atoms with E-state index in [0.29, 0.717) is 17.0 Å². The van der Waals surface area contributed by atoms with Crippen LogP contribution in [0.5, 0.6) is 0 Å². The van der Waals surface area contributed by atoms with Crippen molar-refractivity contribution in [3.63, 3.8) is 0 Å². The fourth-order valence-corrected chi connectivity index (χ4v) is 7.88. The molecular weight excluding hydrogens is 841 g/mol. The molecule has 5 nitrogen and oxygen atoms in total. The van der Waals surface area contributed by atoms with Crippen LogP contribution in [-0.2, 0) is 26.5 Å². The van der Waals surface area contributed by atoms with Crippen molar-refractivity contribution in [1.82, 2.24) is 19.9 Å². The maximum atomic E-state index is 8.66. The molecule has 247 valence electrons. The second-order valence-corrected chi connectivity index (χ2v) is 24.4. The van der Waals surface area contributed by atoms with Crippen LogP contribution in [0, 0.1) is 17.5 Å². The summed E-state index contributed by atoms with van der Waals surface area (Å²) >= 11 is -1.86. The van der Waals surface area contributed by atoms with Crippen molar-refractivity contribution < 1.29 is 28.6 Å². The first-order chi connectivity index (χ1) is 24.2. The number of hydrogen-bond acceptors (Lipinski definition) is 5. The Hall–Kier alpha value is -4.23. The molecule has 3 heterocycles. The van der Waals surface area contributed by atoms with Gasteiger partial charge in [0.15, 0.2) is 0 Å². The molecule has 0 aliphatic rings. The van der Waals surface area contributed by atoms with Crippen molar-refractivity contribution in [2.24, 2.45) is 5.41 Å². The minimum absolute atomic E-state index is 0. The monoisotopic (exact) mass is 884 g/mol. The molecule has 0 aliphatic carbocycles. The van der Waals surface area contributed by atoms with Gasteiger partial charge in [0.25, 0.3) is 0 Å². The van der Waals surface area contributed by atoms with Crippen LogP contribution in [0.4, 0.5) is 0 Å². The molecule has 49 heavy (non-hydrogen) atoms. The molecule has 0 saturated heterocycles. The van der Waals surface area contributed by atoms with Crippen LogP contribution in [-0.4, -0.2) is 33.2 Å². The van der Waals surface area contributed by atoms with Crippen molar-refractivity contribution in [1.29, 1.82) is 0 Å². The van der Waals surface area contributed by atoms with Gasteiger partial charge in [-0.3, -0.25) is 9.97 Å². The zero-order valence-electron chi connectivity index (χ0n) is 31.3. The zero-order chi connectivity index (χ0) is 36.1. The third-order valence-corrected chi connectivity index (χ3v) is 11.8. The van der Waals surface area contributed by atoms with Crippen LogP contribution in [0.25, 0.3) is 66.3 Å². The first kappa shape index (κ1) is 30.8. The molecule has 0 unspecified atom stereocenters. The number of furan rings is 1. The Morgan fingerprint density at radius 3 is 2.24 bits per heavy atom. The summed E-state index contributed by atoms with van der Waals surface area (Å²) in [5.74, 6) is 8.09. The number of rotatable bonds is 4. The topological polar surface area (TPSA) is 64.7 Å². The normalized spacial score (nSPS) is 13.0. The number of hydrogen-bond donors (Lipinski definition) is 0. The van der Waals surface area contributed by atoms with E-state index in [-0.39, 0.29) is 31.8 Å². The fraction of sp³-hybridized carbons (Fsp3) is 0.190. The molecular formula is C42H38GeIrN4O-2. The van der Waals surface area contributed by atoms with Crippen LogP contribution in [0.3, 0.4) is 0 Å². The Balaban J connectivity index is 0.000000230. The van der Waals surface area contributed by atoms with E-state index in [1.54, 1.807) is 20.8 Å². The van der Waals surface area contributed by atoms with E-state index in [1.165, 1.54) is 10.7 Å². The number of benzene rings is 5. The van der Waals surface area contributed by atoms with Gasteiger partial charge in [-0.25, -0.2) is 0 Å². The minimum atomic E-state index is -1.86. The number of nitrogens with zero attached hydrogens (tertiary/aromatic N) is 4. The van der Waals surface area contributed by atoms with Crippen LogP contribution in [0.1, 0.15) is 30.6 Å². The molecule has 0 spiro atoms. The molecule has 8 aromatic rings. The third-order valence-electron chi connectivity index (χ3n) is 8.00. The molecule has 0 bridgehead atoms. The molecule has 0 aliphatic heterocycles. The molecule has 0 N–H and O–H groups in total. The van der Waals surface area contributed by atoms with E-state index < -0.39 is 25.1 Å². The fourth-order valence-electron chi connectivity index (χ4n) is 5.75. The molecule has 0 atom stereocenters. The van der Waals surface area contributed by atoms with E-state index in [1.807, 2.05) is 60.8 Å². The molecule has 0 fully saturated rings. The van der Waals surface area contributed by atoms with E-state index in [9.17, 15) is 0 Å². The largest absolute Gasteiger partial charge is 0 e. The van der Waals surface area contributed by atoms with Crippen LogP contribution in [0.15, 0.2) is 114 Å². The Kier molecular flexibility index (Phi) is 8.77. The van der Waals surface area contributed by atoms with Gasteiger partial charge in [-0.1, -0.05) is 80.3 Å². The Morgan fingerprint density at radius 1 is 0.735 bits per heavy atom. The molecule has 0 amide bonds. The van der Waals surface area contributed by atoms with Crippen LogP contribution < -0.4 is 4.53 Å². The first-order valence-electron chi connectivity index (χ1n) is 17.6. The second kappa shape index (κ2) is 13.9. The van der Waals surface area contributed by atoms with Crippen molar-refractivity contribution in [3.8, 4) is 22.8 Å². The SMILES string of the molecule is [2H]c1cnc(-c2[c-]ccc3c2oc2c3ccc3ccc4ccccc4c32)nc1C([2H])([2H])C(C)(C)C.[CH3][Ge]([CH3])([CH3])[c]1ccnc(-c2[c-]cccc2)n1.[Ir]. The number of fused-ring (bicyclic) bond motifs is 7. The summed E-state index contributed by atoms with van der Waals surface area (Å²) in [6, 6.07) is 36.7. The predicted molar refractivity (Wildman–Crippen MR) is 201 cm³/mol. The smallest absolute Gasteiger partial charge is 0 e. The zero-order valence-corrected chi connectivity index (χ0v) is 32.8. The Labute approximate surface area is 308 Å². The van der Waals surface area contributed by atoms with Gasteiger partial charge in [-0.2, -0.15) is 0 Å². The molecule has 7 heteroatoms. The number of aromatic nitrogens is 4.